The van der Waals surface area contributed by atoms with Crippen LogP contribution < -0.4 is 4.74 Å². The first-order chi connectivity index (χ1) is 11.0. The lowest BCUT2D eigenvalue weighted by Crippen LogP contribution is -2.27. The van der Waals surface area contributed by atoms with Crippen molar-refractivity contribution in [2.24, 2.45) is 5.41 Å². The number of rotatable bonds is 7. The lowest BCUT2D eigenvalue weighted by atomic mass is 9.91. The monoisotopic (exact) mass is 312 g/mol. The lowest BCUT2D eigenvalue weighted by molar-refractivity contribution is -0.154. The third-order valence-electron chi connectivity index (χ3n) is 3.98. The fraction of sp³-hybridized carbons (Fsp3) is 0.350. The zero-order chi connectivity index (χ0) is 16.7. The van der Waals surface area contributed by atoms with Crippen molar-refractivity contribution in [2.75, 3.05) is 13.2 Å². The van der Waals surface area contributed by atoms with Crippen molar-refractivity contribution in [1.82, 2.24) is 0 Å². The summed E-state index contributed by atoms with van der Waals surface area (Å²) in [6, 6.07) is 18.0. The minimum atomic E-state index is -0.443. The highest BCUT2D eigenvalue weighted by atomic mass is 16.6. The first-order valence-corrected chi connectivity index (χ1v) is 7.99. The molecule has 2 aromatic rings. The maximum Gasteiger partial charge on any atom is 0.311 e. The molecule has 0 radical (unpaired) electrons. The maximum absolute atomic E-state index is 11.9. The Labute approximate surface area is 138 Å². The Kier molecular flexibility index (Phi) is 5.80. The van der Waals surface area contributed by atoms with Crippen molar-refractivity contribution < 1.29 is 14.3 Å². The summed E-state index contributed by atoms with van der Waals surface area (Å²) < 4.78 is 11.1. The summed E-state index contributed by atoms with van der Waals surface area (Å²) in [5.74, 6) is 0.615. The molecule has 0 aliphatic carbocycles. The minimum Gasteiger partial charge on any atom is -0.489 e. The highest BCUT2D eigenvalue weighted by Crippen LogP contribution is 2.29. The van der Waals surface area contributed by atoms with E-state index < -0.39 is 5.41 Å². The van der Waals surface area contributed by atoms with E-state index in [9.17, 15) is 4.79 Å². The van der Waals surface area contributed by atoms with Crippen LogP contribution in [0.3, 0.4) is 0 Å². The number of carbonyl (C=O) groups is 1. The first kappa shape index (κ1) is 17.1. The Morgan fingerprint density at radius 3 is 2.30 bits per heavy atom. The van der Waals surface area contributed by atoms with Gasteiger partial charge in [-0.25, -0.2) is 0 Å². The molecule has 0 bridgehead atoms. The quantitative estimate of drug-likeness (QED) is 0.548. The average molecular weight is 312 g/mol. The Bertz CT molecular complexity index is 632. The highest BCUT2D eigenvalue weighted by Gasteiger charge is 2.26. The second-order valence-corrected chi connectivity index (χ2v) is 6.08. The van der Waals surface area contributed by atoms with Crippen LogP contribution in [0.25, 0.3) is 11.1 Å². The summed E-state index contributed by atoms with van der Waals surface area (Å²) in [6.07, 6.45) is 0.754. The van der Waals surface area contributed by atoms with Crippen molar-refractivity contribution in [3.8, 4) is 16.9 Å². The molecule has 0 aromatic heterocycles. The van der Waals surface area contributed by atoms with Gasteiger partial charge in [0, 0.05) is 5.56 Å². The predicted molar refractivity (Wildman–Crippen MR) is 92.4 cm³/mol. The van der Waals surface area contributed by atoms with Crippen LogP contribution in [0.4, 0.5) is 0 Å². The average Bonchev–Trinajstić information content (AvgIpc) is 2.59. The Morgan fingerprint density at radius 2 is 1.61 bits per heavy atom. The molecular formula is C20H24O3. The molecular weight excluding hydrogens is 288 g/mol. The van der Waals surface area contributed by atoms with Crippen LogP contribution >= 0.6 is 0 Å². The standard InChI is InChI=1S/C20H24O3/c1-4-20(2,3)19(21)23-15-14-22-18-13-9-8-12-17(18)16-10-6-5-7-11-16/h5-13H,4,14-15H2,1-3H3. The van der Waals surface area contributed by atoms with E-state index in [1.807, 2.05) is 75.4 Å². The summed E-state index contributed by atoms with van der Waals surface area (Å²) in [5.41, 5.74) is 1.70. The third-order valence-corrected chi connectivity index (χ3v) is 3.98. The molecule has 3 nitrogen and oxygen atoms in total. The van der Waals surface area contributed by atoms with Crippen LogP contribution in [0, 0.1) is 5.41 Å². The topological polar surface area (TPSA) is 35.5 Å². The Balaban J connectivity index is 1.94. The van der Waals surface area contributed by atoms with Gasteiger partial charge in [0.2, 0.25) is 0 Å². The molecule has 0 aliphatic heterocycles. The van der Waals surface area contributed by atoms with Crippen LogP contribution in [-0.2, 0) is 9.53 Å². The van der Waals surface area contributed by atoms with E-state index in [0.29, 0.717) is 6.61 Å². The molecule has 122 valence electrons. The Hall–Kier alpha value is -2.29. The van der Waals surface area contributed by atoms with Gasteiger partial charge in [0.1, 0.15) is 19.0 Å². The maximum atomic E-state index is 11.9. The van der Waals surface area contributed by atoms with E-state index in [2.05, 4.69) is 0 Å². The van der Waals surface area contributed by atoms with Crippen molar-refractivity contribution >= 4 is 5.97 Å². The normalized spacial score (nSPS) is 11.1. The SMILES string of the molecule is CCC(C)(C)C(=O)OCCOc1ccccc1-c1ccccc1. The van der Waals surface area contributed by atoms with Gasteiger partial charge in [-0.3, -0.25) is 4.79 Å². The third kappa shape index (κ3) is 4.59. The molecule has 2 aromatic carbocycles. The lowest BCUT2D eigenvalue weighted by Gasteiger charge is -2.20. The molecule has 0 fully saturated rings. The molecule has 0 aliphatic rings. The van der Waals surface area contributed by atoms with E-state index in [4.69, 9.17) is 9.47 Å². The second kappa shape index (κ2) is 7.82. The number of esters is 1. The predicted octanol–water partition coefficient (Wildman–Crippen LogP) is 4.71. The van der Waals surface area contributed by atoms with Gasteiger partial charge in [0.15, 0.2) is 0 Å². The fourth-order valence-corrected chi connectivity index (χ4v) is 2.07. The van der Waals surface area contributed by atoms with E-state index in [0.717, 1.165) is 23.3 Å². The van der Waals surface area contributed by atoms with Gasteiger partial charge in [0.05, 0.1) is 5.41 Å². The number of hydrogen-bond donors (Lipinski definition) is 0. The highest BCUT2D eigenvalue weighted by molar-refractivity contribution is 5.75. The molecule has 0 saturated heterocycles. The largest absolute Gasteiger partial charge is 0.489 e. The summed E-state index contributed by atoms with van der Waals surface area (Å²) in [7, 11) is 0. The van der Waals surface area contributed by atoms with Crippen molar-refractivity contribution in [1.29, 1.82) is 0 Å². The van der Waals surface area contributed by atoms with Gasteiger partial charge in [-0.1, -0.05) is 55.5 Å². The molecule has 0 saturated carbocycles. The van der Waals surface area contributed by atoms with Crippen LogP contribution in [-0.4, -0.2) is 19.2 Å². The van der Waals surface area contributed by atoms with E-state index in [-0.39, 0.29) is 12.6 Å². The second-order valence-electron chi connectivity index (χ2n) is 6.08. The van der Waals surface area contributed by atoms with E-state index in [1.54, 1.807) is 0 Å². The molecule has 0 atom stereocenters. The van der Waals surface area contributed by atoms with Crippen molar-refractivity contribution in [3.05, 3.63) is 54.6 Å². The number of ether oxygens (including phenoxy) is 2. The van der Waals surface area contributed by atoms with Gasteiger partial charge < -0.3 is 9.47 Å². The molecule has 0 spiro atoms. The van der Waals surface area contributed by atoms with Crippen LogP contribution in [0.15, 0.2) is 54.6 Å². The molecule has 0 heterocycles. The molecule has 23 heavy (non-hydrogen) atoms. The number of para-hydroxylation sites is 1. The summed E-state index contributed by atoms with van der Waals surface area (Å²) in [4.78, 5) is 11.9. The minimum absolute atomic E-state index is 0.181. The van der Waals surface area contributed by atoms with Crippen molar-refractivity contribution in [3.63, 3.8) is 0 Å². The molecule has 0 N–H and O–H groups in total. The van der Waals surface area contributed by atoms with E-state index in [1.165, 1.54) is 0 Å². The number of carbonyl (C=O) groups excluding carboxylic acids is 1. The summed E-state index contributed by atoms with van der Waals surface area (Å²) in [5, 5.41) is 0. The zero-order valence-electron chi connectivity index (χ0n) is 14.0. The van der Waals surface area contributed by atoms with Gasteiger partial charge in [-0.05, 0) is 31.9 Å². The van der Waals surface area contributed by atoms with Crippen molar-refractivity contribution in [2.45, 2.75) is 27.2 Å². The van der Waals surface area contributed by atoms with Crippen LogP contribution in [0.2, 0.25) is 0 Å². The molecule has 3 heteroatoms. The fourth-order valence-electron chi connectivity index (χ4n) is 2.07. The molecule has 0 unspecified atom stereocenters. The number of hydrogen-bond acceptors (Lipinski definition) is 3. The molecule has 0 amide bonds. The Morgan fingerprint density at radius 1 is 0.957 bits per heavy atom. The zero-order valence-corrected chi connectivity index (χ0v) is 14.0. The van der Waals surface area contributed by atoms with Gasteiger partial charge in [0.25, 0.3) is 0 Å². The first-order valence-electron chi connectivity index (χ1n) is 7.99. The van der Waals surface area contributed by atoms with Crippen LogP contribution in [0.5, 0.6) is 5.75 Å². The van der Waals surface area contributed by atoms with Gasteiger partial charge >= 0.3 is 5.97 Å². The smallest absolute Gasteiger partial charge is 0.311 e. The summed E-state index contributed by atoms with van der Waals surface area (Å²) >= 11 is 0. The van der Waals surface area contributed by atoms with E-state index >= 15 is 0 Å². The summed E-state index contributed by atoms with van der Waals surface area (Å²) in [6.45, 7) is 6.36. The number of benzene rings is 2. The van der Waals surface area contributed by atoms with Gasteiger partial charge in [-0.15, -0.1) is 0 Å². The van der Waals surface area contributed by atoms with Crippen LogP contribution in [0.1, 0.15) is 27.2 Å². The van der Waals surface area contributed by atoms with Gasteiger partial charge in [-0.2, -0.15) is 0 Å². The molecule has 2 rings (SSSR count).